The number of hydrogen-bond donors (Lipinski definition) is 1. The van der Waals surface area contributed by atoms with Gasteiger partial charge >= 0.3 is 0 Å². The molecule has 0 aliphatic carbocycles. The highest BCUT2D eigenvalue weighted by molar-refractivity contribution is 5.45. The maximum atomic E-state index is 4.53. The Hall–Kier alpha value is -0.990. The lowest BCUT2D eigenvalue weighted by Gasteiger charge is -2.35. The second-order valence-corrected chi connectivity index (χ2v) is 5.41. The number of rotatable bonds is 1. The Balaban J connectivity index is 2.39. The fraction of sp³-hybridized carbons (Fsp3) is 0.750. The summed E-state index contributed by atoms with van der Waals surface area (Å²) in [5.41, 5.74) is 1.62. The monoisotopic (exact) mass is 207 g/mol. The zero-order chi connectivity index (χ0) is 11.1. The molecule has 15 heavy (non-hydrogen) atoms. The van der Waals surface area contributed by atoms with E-state index in [0.29, 0.717) is 6.04 Å². The minimum absolute atomic E-state index is 0.286. The maximum absolute atomic E-state index is 4.53. The van der Waals surface area contributed by atoms with E-state index < -0.39 is 0 Å². The zero-order valence-corrected chi connectivity index (χ0v) is 10.2. The fourth-order valence-corrected chi connectivity index (χ4v) is 2.34. The summed E-state index contributed by atoms with van der Waals surface area (Å²) in [6.07, 6.45) is 4.23. The Morgan fingerprint density at radius 3 is 2.87 bits per heavy atom. The quantitative estimate of drug-likeness (QED) is 0.767. The van der Waals surface area contributed by atoms with Crippen LogP contribution in [0.25, 0.3) is 0 Å². The molecule has 0 bridgehead atoms. The topological polar surface area (TPSA) is 29.9 Å². The predicted octanol–water partition coefficient (Wildman–Crippen LogP) is 2.85. The molecule has 0 radical (unpaired) electrons. The summed E-state index contributed by atoms with van der Waals surface area (Å²) in [6, 6.07) is 0.522. The summed E-state index contributed by atoms with van der Waals surface area (Å²) in [5, 5.41) is 7.99. The zero-order valence-electron chi connectivity index (χ0n) is 10.2. The van der Waals surface area contributed by atoms with Gasteiger partial charge in [0.05, 0.1) is 12.2 Å². The molecule has 0 aromatic carbocycles. The molecule has 0 fully saturated rings. The van der Waals surface area contributed by atoms with Gasteiger partial charge in [-0.1, -0.05) is 27.7 Å². The minimum Gasteiger partial charge on any atom is -0.370 e. The van der Waals surface area contributed by atoms with Crippen molar-refractivity contribution in [3.05, 3.63) is 11.8 Å². The van der Waals surface area contributed by atoms with Gasteiger partial charge in [0.2, 0.25) is 0 Å². The van der Waals surface area contributed by atoms with Crippen LogP contribution in [0.15, 0.2) is 6.20 Å². The molecular weight excluding hydrogens is 186 g/mol. The van der Waals surface area contributed by atoms with Crippen molar-refractivity contribution in [2.24, 2.45) is 5.41 Å². The molecule has 1 aromatic rings. The number of hydrogen-bond acceptors (Lipinski definition) is 2. The van der Waals surface area contributed by atoms with Gasteiger partial charge in [0, 0.05) is 12.1 Å². The molecule has 0 saturated heterocycles. The van der Waals surface area contributed by atoms with E-state index >= 15 is 0 Å². The van der Waals surface area contributed by atoms with Crippen LogP contribution in [0.4, 0.5) is 5.82 Å². The largest absolute Gasteiger partial charge is 0.370 e. The summed E-state index contributed by atoms with van der Waals surface area (Å²) in [7, 11) is 0. The molecule has 84 valence electrons. The van der Waals surface area contributed by atoms with E-state index in [1.54, 1.807) is 0 Å². The lowest BCUT2D eigenvalue weighted by Crippen LogP contribution is -2.32. The van der Waals surface area contributed by atoms with Crippen molar-refractivity contribution in [2.75, 3.05) is 11.9 Å². The molecule has 1 aliphatic heterocycles. The lowest BCUT2D eigenvalue weighted by molar-refractivity contribution is 0.210. The van der Waals surface area contributed by atoms with Crippen LogP contribution in [0.1, 0.15) is 45.7 Å². The number of nitrogens with one attached hydrogen (secondary N) is 1. The number of nitrogens with zero attached hydrogens (tertiary/aromatic N) is 2. The van der Waals surface area contributed by atoms with Crippen molar-refractivity contribution in [3.63, 3.8) is 0 Å². The normalized spacial score (nSPS) is 20.9. The first kappa shape index (κ1) is 10.5. The number of aromatic nitrogens is 2. The third-order valence-electron chi connectivity index (χ3n) is 3.26. The van der Waals surface area contributed by atoms with E-state index in [-0.39, 0.29) is 5.41 Å². The van der Waals surface area contributed by atoms with Crippen LogP contribution in [0, 0.1) is 5.41 Å². The Morgan fingerprint density at radius 2 is 2.27 bits per heavy atom. The Labute approximate surface area is 91.9 Å². The summed E-state index contributed by atoms with van der Waals surface area (Å²) in [5.74, 6) is 1.24. The van der Waals surface area contributed by atoms with Gasteiger partial charge in [-0.3, -0.25) is 0 Å². The SMILES string of the molecule is CCc1cnn2c1NCCC2C(C)(C)C. The maximum Gasteiger partial charge on any atom is 0.127 e. The molecule has 1 unspecified atom stereocenters. The van der Waals surface area contributed by atoms with Crippen LogP contribution in [0.5, 0.6) is 0 Å². The first-order chi connectivity index (χ1) is 7.04. The molecule has 2 rings (SSSR count). The molecule has 3 nitrogen and oxygen atoms in total. The van der Waals surface area contributed by atoms with Gasteiger partial charge in [0.25, 0.3) is 0 Å². The molecule has 0 saturated carbocycles. The van der Waals surface area contributed by atoms with Gasteiger partial charge in [-0.05, 0) is 18.3 Å². The minimum atomic E-state index is 0.286. The average molecular weight is 207 g/mol. The first-order valence-corrected chi connectivity index (χ1v) is 5.84. The molecular formula is C12H21N3. The number of anilines is 1. The molecule has 0 spiro atoms. The van der Waals surface area contributed by atoms with Crippen LogP contribution in [0.3, 0.4) is 0 Å². The molecule has 2 heterocycles. The third kappa shape index (κ3) is 1.75. The van der Waals surface area contributed by atoms with Crippen LogP contribution in [0.2, 0.25) is 0 Å². The van der Waals surface area contributed by atoms with E-state index in [2.05, 4.69) is 42.8 Å². The molecule has 1 atom stereocenters. The van der Waals surface area contributed by atoms with Crippen LogP contribution >= 0.6 is 0 Å². The van der Waals surface area contributed by atoms with Crippen LogP contribution < -0.4 is 5.32 Å². The Bertz CT molecular complexity index is 346. The van der Waals surface area contributed by atoms with E-state index in [4.69, 9.17) is 0 Å². The summed E-state index contributed by atoms with van der Waals surface area (Å²) in [4.78, 5) is 0. The van der Waals surface area contributed by atoms with E-state index in [0.717, 1.165) is 13.0 Å². The first-order valence-electron chi connectivity index (χ1n) is 5.84. The second kappa shape index (κ2) is 3.54. The lowest BCUT2D eigenvalue weighted by atomic mass is 9.84. The van der Waals surface area contributed by atoms with E-state index in [9.17, 15) is 0 Å². The third-order valence-corrected chi connectivity index (χ3v) is 3.26. The van der Waals surface area contributed by atoms with Crippen molar-refractivity contribution < 1.29 is 0 Å². The average Bonchev–Trinajstić information content (AvgIpc) is 2.58. The Morgan fingerprint density at radius 1 is 1.53 bits per heavy atom. The fourth-order valence-electron chi connectivity index (χ4n) is 2.34. The summed E-state index contributed by atoms with van der Waals surface area (Å²) >= 11 is 0. The highest BCUT2D eigenvalue weighted by Gasteiger charge is 2.31. The van der Waals surface area contributed by atoms with Gasteiger partial charge in [-0.2, -0.15) is 5.10 Å². The Kier molecular flexibility index (Phi) is 2.49. The highest BCUT2D eigenvalue weighted by Crippen LogP contribution is 2.38. The number of aryl methyl sites for hydroxylation is 1. The van der Waals surface area contributed by atoms with Crippen LogP contribution in [-0.2, 0) is 6.42 Å². The van der Waals surface area contributed by atoms with E-state index in [1.165, 1.54) is 17.8 Å². The second-order valence-electron chi connectivity index (χ2n) is 5.41. The highest BCUT2D eigenvalue weighted by atomic mass is 15.4. The van der Waals surface area contributed by atoms with Crippen molar-refractivity contribution in [2.45, 2.75) is 46.6 Å². The van der Waals surface area contributed by atoms with Crippen molar-refractivity contribution >= 4 is 5.82 Å². The number of fused-ring (bicyclic) bond motifs is 1. The van der Waals surface area contributed by atoms with Crippen molar-refractivity contribution in [1.29, 1.82) is 0 Å². The van der Waals surface area contributed by atoms with Gasteiger partial charge in [-0.25, -0.2) is 4.68 Å². The predicted molar refractivity (Wildman–Crippen MR) is 63.2 cm³/mol. The van der Waals surface area contributed by atoms with Gasteiger partial charge in [0.1, 0.15) is 5.82 Å². The molecule has 0 amide bonds. The molecule has 3 heteroatoms. The van der Waals surface area contributed by atoms with E-state index in [1.807, 2.05) is 6.20 Å². The van der Waals surface area contributed by atoms with Crippen LogP contribution in [-0.4, -0.2) is 16.3 Å². The van der Waals surface area contributed by atoms with Gasteiger partial charge in [-0.15, -0.1) is 0 Å². The van der Waals surface area contributed by atoms with Gasteiger partial charge < -0.3 is 5.32 Å². The summed E-state index contributed by atoms with van der Waals surface area (Å²) in [6.45, 7) is 10.1. The standard InChI is InChI=1S/C12H21N3/c1-5-9-8-14-15-10(12(2,3)4)6-7-13-11(9)15/h8,10,13H,5-7H2,1-4H3. The molecule has 1 aromatic heterocycles. The molecule has 1 N–H and O–H groups in total. The van der Waals surface area contributed by atoms with Gasteiger partial charge in [0.15, 0.2) is 0 Å². The van der Waals surface area contributed by atoms with Crippen molar-refractivity contribution in [1.82, 2.24) is 9.78 Å². The van der Waals surface area contributed by atoms with Crippen molar-refractivity contribution in [3.8, 4) is 0 Å². The smallest absolute Gasteiger partial charge is 0.127 e. The molecule has 1 aliphatic rings. The summed E-state index contributed by atoms with van der Waals surface area (Å²) < 4.78 is 2.18.